The Bertz CT molecular complexity index is 1050. The van der Waals surface area contributed by atoms with Crippen LogP contribution < -0.4 is 20.1 Å². The van der Waals surface area contributed by atoms with Gasteiger partial charge in [0.25, 0.3) is 0 Å². The molecule has 1 aromatic carbocycles. The third-order valence-electron chi connectivity index (χ3n) is 3.91. The van der Waals surface area contributed by atoms with Gasteiger partial charge in [0.1, 0.15) is 6.33 Å². The Labute approximate surface area is 163 Å². The smallest absolute Gasteiger partial charge is 0.353 e. The highest BCUT2D eigenvalue weighted by Gasteiger charge is 2.24. The topological polar surface area (TPSA) is 124 Å². The van der Waals surface area contributed by atoms with Crippen LogP contribution in [0.1, 0.15) is 5.56 Å². The Morgan fingerprint density at radius 3 is 2.79 bits per heavy atom. The molecule has 0 saturated carbocycles. The number of pyridine rings is 1. The molecule has 3 heterocycles. The van der Waals surface area contributed by atoms with E-state index in [9.17, 15) is 10.1 Å². The first-order valence-corrected chi connectivity index (χ1v) is 8.49. The standard InChI is InChI=1S/C17H13ClN6O4/c18-15-11(2-1-5-19-15)23-17-14(24(25)26)16(21-8-22-17)20-7-10-3-4-12-13(6-10)28-9-27-12/h1-6,8H,7,9H2,(H2,20,21,22,23). The highest BCUT2D eigenvalue weighted by molar-refractivity contribution is 6.32. The summed E-state index contributed by atoms with van der Waals surface area (Å²) in [5.74, 6) is 1.37. The maximum absolute atomic E-state index is 11.6. The molecule has 0 aliphatic carbocycles. The number of ether oxygens (including phenoxy) is 2. The van der Waals surface area contributed by atoms with E-state index < -0.39 is 4.92 Å². The van der Waals surface area contributed by atoms with Gasteiger partial charge < -0.3 is 20.1 Å². The largest absolute Gasteiger partial charge is 0.454 e. The molecule has 1 aliphatic rings. The summed E-state index contributed by atoms with van der Waals surface area (Å²) in [6, 6.07) is 8.71. The van der Waals surface area contributed by atoms with E-state index in [1.807, 2.05) is 6.07 Å². The number of hydrogen-bond acceptors (Lipinski definition) is 9. The van der Waals surface area contributed by atoms with E-state index in [1.54, 1.807) is 24.3 Å². The number of hydrogen-bond donors (Lipinski definition) is 2. The minimum atomic E-state index is -0.561. The molecule has 11 heteroatoms. The molecule has 1 aliphatic heterocycles. The van der Waals surface area contributed by atoms with Crippen LogP contribution in [0, 0.1) is 10.1 Å². The lowest BCUT2D eigenvalue weighted by Crippen LogP contribution is -2.08. The molecule has 0 fully saturated rings. The van der Waals surface area contributed by atoms with Crippen LogP contribution in [-0.2, 0) is 6.54 Å². The zero-order valence-electron chi connectivity index (χ0n) is 14.3. The summed E-state index contributed by atoms with van der Waals surface area (Å²) in [6.07, 6.45) is 2.74. The molecule has 2 aromatic heterocycles. The predicted octanol–water partition coefficient (Wildman–Crippen LogP) is 3.52. The first-order chi connectivity index (χ1) is 13.6. The van der Waals surface area contributed by atoms with Crippen molar-refractivity contribution in [3.05, 3.63) is 63.7 Å². The van der Waals surface area contributed by atoms with Crippen LogP contribution in [-0.4, -0.2) is 26.7 Å². The fourth-order valence-electron chi connectivity index (χ4n) is 2.62. The molecule has 2 N–H and O–H groups in total. The Morgan fingerprint density at radius 1 is 1.14 bits per heavy atom. The average Bonchev–Trinajstić information content (AvgIpc) is 3.16. The van der Waals surface area contributed by atoms with Crippen molar-refractivity contribution in [3.63, 3.8) is 0 Å². The van der Waals surface area contributed by atoms with Gasteiger partial charge in [0.15, 0.2) is 16.7 Å². The van der Waals surface area contributed by atoms with Crippen LogP contribution in [0.2, 0.25) is 5.15 Å². The summed E-state index contributed by atoms with van der Waals surface area (Å²) in [6.45, 7) is 0.469. The fraction of sp³-hybridized carbons (Fsp3) is 0.118. The second kappa shape index (κ2) is 7.53. The van der Waals surface area contributed by atoms with Gasteiger partial charge in [0.05, 0.1) is 10.6 Å². The number of aromatic nitrogens is 3. The van der Waals surface area contributed by atoms with Crippen molar-refractivity contribution in [2.24, 2.45) is 0 Å². The molecule has 142 valence electrons. The number of nitrogens with one attached hydrogen (secondary N) is 2. The van der Waals surface area contributed by atoms with Crippen molar-refractivity contribution in [1.29, 1.82) is 0 Å². The second-order valence-corrected chi connectivity index (χ2v) is 6.04. The molecule has 0 amide bonds. The van der Waals surface area contributed by atoms with Crippen LogP contribution in [0.4, 0.5) is 23.0 Å². The average molecular weight is 401 g/mol. The number of halogens is 1. The molecule has 4 rings (SSSR count). The van der Waals surface area contributed by atoms with Crippen molar-refractivity contribution in [3.8, 4) is 11.5 Å². The van der Waals surface area contributed by atoms with Crippen molar-refractivity contribution in [2.45, 2.75) is 6.54 Å². The van der Waals surface area contributed by atoms with Gasteiger partial charge in [-0.25, -0.2) is 15.0 Å². The van der Waals surface area contributed by atoms with Gasteiger partial charge >= 0.3 is 5.69 Å². The second-order valence-electron chi connectivity index (χ2n) is 5.68. The fourth-order valence-corrected chi connectivity index (χ4v) is 2.78. The molecule has 28 heavy (non-hydrogen) atoms. The molecule has 0 saturated heterocycles. The van der Waals surface area contributed by atoms with Gasteiger partial charge in [-0.05, 0) is 29.8 Å². The van der Waals surface area contributed by atoms with Gasteiger partial charge in [0, 0.05) is 12.7 Å². The normalized spacial score (nSPS) is 11.9. The summed E-state index contributed by atoms with van der Waals surface area (Å²) in [4.78, 5) is 23.0. The molecular weight excluding hydrogens is 388 g/mol. The van der Waals surface area contributed by atoms with Crippen molar-refractivity contribution in [1.82, 2.24) is 15.0 Å². The van der Waals surface area contributed by atoms with Crippen molar-refractivity contribution >= 4 is 34.6 Å². The van der Waals surface area contributed by atoms with E-state index in [4.69, 9.17) is 21.1 Å². The molecule has 0 radical (unpaired) electrons. The van der Waals surface area contributed by atoms with Crippen LogP contribution in [0.15, 0.2) is 42.9 Å². The monoisotopic (exact) mass is 400 g/mol. The van der Waals surface area contributed by atoms with E-state index in [0.29, 0.717) is 23.7 Å². The highest BCUT2D eigenvalue weighted by Crippen LogP contribution is 2.34. The van der Waals surface area contributed by atoms with Gasteiger partial charge in [-0.2, -0.15) is 0 Å². The number of nitro groups is 1. The van der Waals surface area contributed by atoms with E-state index in [1.165, 1.54) is 12.5 Å². The van der Waals surface area contributed by atoms with E-state index in [0.717, 1.165) is 5.56 Å². The molecule has 0 spiro atoms. The maximum atomic E-state index is 11.6. The number of nitrogens with zero attached hydrogens (tertiary/aromatic N) is 4. The van der Waals surface area contributed by atoms with E-state index in [-0.39, 0.29) is 29.3 Å². The van der Waals surface area contributed by atoms with Gasteiger partial charge in [-0.15, -0.1) is 0 Å². The summed E-state index contributed by atoms with van der Waals surface area (Å²) >= 11 is 6.01. The van der Waals surface area contributed by atoms with Crippen LogP contribution in [0.3, 0.4) is 0 Å². The Hall–Kier alpha value is -3.66. The zero-order valence-corrected chi connectivity index (χ0v) is 15.0. The molecule has 0 bridgehead atoms. The van der Waals surface area contributed by atoms with E-state index >= 15 is 0 Å². The van der Waals surface area contributed by atoms with E-state index in [2.05, 4.69) is 25.6 Å². The van der Waals surface area contributed by atoms with Crippen molar-refractivity contribution in [2.75, 3.05) is 17.4 Å². The predicted molar refractivity (Wildman–Crippen MR) is 101 cm³/mol. The quantitative estimate of drug-likeness (QED) is 0.363. The van der Waals surface area contributed by atoms with Gasteiger partial charge in [-0.3, -0.25) is 10.1 Å². The maximum Gasteiger partial charge on any atom is 0.353 e. The molecular formula is C17H13ClN6O4. The molecule has 0 unspecified atom stereocenters. The summed E-state index contributed by atoms with van der Waals surface area (Å²) in [7, 11) is 0. The van der Waals surface area contributed by atoms with Gasteiger partial charge in [-0.1, -0.05) is 17.7 Å². The Morgan fingerprint density at radius 2 is 1.96 bits per heavy atom. The lowest BCUT2D eigenvalue weighted by atomic mass is 10.2. The molecule has 10 nitrogen and oxygen atoms in total. The van der Waals surface area contributed by atoms with Crippen LogP contribution in [0.25, 0.3) is 0 Å². The molecule has 0 atom stereocenters. The third kappa shape index (κ3) is 3.58. The Kier molecular flexibility index (Phi) is 4.77. The Balaban J connectivity index is 1.58. The minimum Gasteiger partial charge on any atom is -0.454 e. The van der Waals surface area contributed by atoms with Crippen LogP contribution in [0.5, 0.6) is 11.5 Å². The third-order valence-corrected chi connectivity index (χ3v) is 4.22. The summed E-state index contributed by atoms with van der Waals surface area (Å²) in [5.41, 5.74) is 0.942. The summed E-state index contributed by atoms with van der Waals surface area (Å²) < 4.78 is 10.6. The number of fused-ring (bicyclic) bond motifs is 1. The zero-order chi connectivity index (χ0) is 19.5. The summed E-state index contributed by atoms with van der Waals surface area (Å²) in [5, 5.41) is 17.6. The van der Waals surface area contributed by atoms with Crippen molar-refractivity contribution < 1.29 is 14.4 Å². The minimum absolute atomic E-state index is 0.00286. The number of anilines is 3. The number of benzene rings is 1. The van der Waals surface area contributed by atoms with Gasteiger partial charge in [0.2, 0.25) is 18.4 Å². The lowest BCUT2D eigenvalue weighted by Gasteiger charge is -2.11. The molecule has 3 aromatic rings. The first-order valence-electron chi connectivity index (χ1n) is 8.11. The first kappa shape index (κ1) is 17.7. The SMILES string of the molecule is O=[N+]([O-])c1c(NCc2ccc3c(c2)OCO3)ncnc1Nc1cccnc1Cl. The van der Waals surface area contributed by atoms with Crippen LogP contribution >= 0.6 is 11.6 Å². The number of rotatable bonds is 6. The highest BCUT2D eigenvalue weighted by atomic mass is 35.5. The lowest BCUT2D eigenvalue weighted by molar-refractivity contribution is -0.383.